The quantitative estimate of drug-likeness (QED) is 0.900. The van der Waals surface area contributed by atoms with Crippen LogP contribution in [0, 0.1) is 6.92 Å². The zero-order chi connectivity index (χ0) is 13.9. The van der Waals surface area contributed by atoms with Gasteiger partial charge in [0.25, 0.3) is 0 Å². The Kier molecular flexibility index (Phi) is 3.88. The first kappa shape index (κ1) is 13.4. The minimum Gasteiger partial charge on any atom is -0.315 e. The topological polar surface area (TPSA) is 75.6 Å². The van der Waals surface area contributed by atoms with Crippen molar-refractivity contribution in [1.29, 1.82) is 0 Å². The summed E-state index contributed by atoms with van der Waals surface area (Å²) in [5.74, 6) is 1.57. The third kappa shape index (κ3) is 2.94. The highest BCUT2D eigenvalue weighted by molar-refractivity contribution is 7.15. The van der Waals surface area contributed by atoms with Gasteiger partial charge in [0.05, 0.1) is 5.69 Å². The molecule has 0 amide bonds. The zero-order valence-electron chi connectivity index (χ0n) is 11.7. The van der Waals surface area contributed by atoms with Gasteiger partial charge in [-0.25, -0.2) is 9.97 Å². The van der Waals surface area contributed by atoms with Gasteiger partial charge in [-0.05, 0) is 32.7 Å². The molecule has 3 rings (SSSR count). The normalized spacial score (nSPS) is 18.4. The van der Waals surface area contributed by atoms with Crippen LogP contribution < -0.4 is 10.6 Å². The summed E-state index contributed by atoms with van der Waals surface area (Å²) in [6.07, 6.45) is 3.24. The van der Waals surface area contributed by atoms with Crippen LogP contribution in [0.2, 0.25) is 0 Å². The lowest BCUT2D eigenvalue weighted by molar-refractivity contribution is 0.623. The van der Waals surface area contributed by atoms with E-state index in [-0.39, 0.29) is 0 Å². The van der Waals surface area contributed by atoms with E-state index in [0.717, 1.165) is 46.9 Å². The standard InChI is InChI=1S/C13H18N6S/c1-3-12-18-19-13(20-12)17-11-7-10(15-8(2)16-11)9-5-4-6-14-9/h7,9,14H,3-6H2,1-2H3,(H,15,16,17,19)/t9-/m1/s1. The highest BCUT2D eigenvalue weighted by Gasteiger charge is 2.18. The van der Waals surface area contributed by atoms with Crippen LogP contribution in [0.1, 0.15) is 42.3 Å². The van der Waals surface area contributed by atoms with Gasteiger partial charge in [0.15, 0.2) is 0 Å². The molecular formula is C13H18N6S. The van der Waals surface area contributed by atoms with Crippen molar-refractivity contribution in [3.63, 3.8) is 0 Å². The molecule has 0 unspecified atom stereocenters. The Morgan fingerprint density at radius 1 is 1.40 bits per heavy atom. The third-order valence-electron chi connectivity index (χ3n) is 3.28. The first-order valence-corrected chi connectivity index (χ1v) is 7.74. The van der Waals surface area contributed by atoms with E-state index in [2.05, 4.69) is 37.7 Å². The minimum absolute atomic E-state index is 0.345. The molecule has 1 fully saturated rings. The van der Waals surface area contributed by atoms with Gasteiger partial charge in [0.2, 0.25) is 5.13 Å². The van der Waals surface area contributed by atoms with Crippen molar-refractivity contribution in [2.24, 2.45) is 0 Å². The van der Waals surface area contributed by atoms with Gasteiger partial charge in [-0.1, -0.05) is 18.3 Å². The molecule has 3 heterocycles. The SMILES string of the molecule is CCc1nnc(Nc2cc([C@H]3CCCN3)nc(C)n2)s1. The number of nitrogens with zero attached hydrogens (tertiary/aromatic N) is 4. The van der Waals surface area contributed by atoms with Gasteiger partial charge in [0, 0.05) is 12.1 Å². The van der Waals surface area contributed by atoms with Crippen molar-refractivity contribution in [1.82, 2.24) is 25.5 Å². The predicted octanol–water partition coefficient (Wildman–Crippen LogP) is 2.37. The summed E-state index contributed by atoms with van der Waals surface area (Å²) in [7, 11) is 0. The molecule has 1 aliphatic heterocycles. The molecule has 1 aliphatic rings. The number of nitrogens with one attached hydrogen (secondary N) is 2. The van der Waals surface area contributed by atoms with Crippen LogP contribution in [-0.2, 0) is 6.42 Å². The van der Waals surface area contributed by atoms with E-state index in [1.165, 1.54) is 6.42 Å². The van der Waals surface area contributed by atoms with Crippen molar-refractivity contribution < 1.29 is 0 Å². The lowest BCUT2D eigenvalue weighted by Crippen LogP contribution is -2.15. The van der Waals surface area contributed by atoms with Gasteiger partial charge in [0.1, 0.15) is 16.6 Å². The first-order chi connectivity index (χ1) is 9.74. The van der Waals surface area contributed by atoms with Gasteiger partial charge in [-0.15, -0.1) is 10.2 Å². The molecule has 0 bridgehead atoms. The Balaban J connectivity index is 1.81. The van der Waals surface area contributed by atoms with E-state index in [1.807, 2.05) is 13.0 Å². The zero-order valence-corrected chi connectivity index (χ0v) is 12.5. The summed E-state index contributed by atoms with van der Waals surface area (Å²) in [4.78, 5) is 8.96. The Morgan fingerprint density at radius 3 is 3.00 bits per heavy atom. The number of rotatable bonds is 4. The van der Waals surface area contributed by atoms with Gasteiger partial charge in [-0.2, -0.15) is 0 Å². The second-order valence-electron chi connectivity index (χ2n) is 4.85. The number of hydrogen-bond donors (Lipinski definition) is 2. The lowest BCUT2D eigenvalue weighted by atomic mass is 10.1. The molecule has 20 heavy (non-hydrogen) atoms. The summed E-state index contributed by atoms with van der Waals surface area (Å²) in [6.45, 7) is 5.05. The molecule has 0 aliphatic carbocycles. The molecule has 2 N–H and O–H groups in total. The molecule has 2 aromatic rings. The van der Waals surface area contributed by atoms with E-state index in [0.29, 0.717) is 6.04 Å². The van der Waals surface area contributed by atoms with Crippen LogP contribution in [0.4, 0.5) is 10.9 Å². The molecule has 0 spiro atoms. The molecule has 7 heteroatoms. The fraction of sp³-hybridized carbons (Fsp3) is 0.538. The lowest BCUT2D eigenvalue weighted by Gasteiger charge is -2.11. The highest BCUT2D eigenvalue weighted by atomic mass is 32.1. The van der Waals surface area contributed by atoms with Crippen LogP contribution >= 0.6 is 11.3 Å². The number of aryl methyl sites for hydroxylation is 2. The maximum Gasteiger partial charge on any atom is 0.211 e. The molecular weight excluding hydrogens is 272 g/mol. The second-order valence-corrected chi connectivity index (χ2v) is 5.92. The van der Waals surface area contributed by atoms with Crippen molar-refractivity contribution in [3.05, 3.63) is 22.6 Å². The van der Waals surface area contributed by atoms with Crippen molar-refractivity contribution >= 4 is 22.3 Å². The maximum absolute atomic E-state index is 4.53. The molecule has 1 saturated heterocycles. The monoisotopic (exact) mass is 290 g/mol. The molecule has 106 valence electrons. The largest absolute Gasteiger partial charge is 0.315 e. The summed E-state index contributed by atoms with van der Waals surface area (Å²) >= 11 is 1.56. The van der Waals surface area contributed by atoms with E-state index in [9.17, 15) is 0 Å². The molecule has 0 radical (unpaired) electrons. The van der Waals surface area contributed by atoms with Gasteiger partial charge >= 0.3 is 0 Å². The molecule has 0 aromatic carbocycles. The number of anilines is 2. The third-order valence-corrected chi connectivity index (χ3v) is 4.26. The van der Waals surface area contributed by atoms with Crippen LogP contribution in [0.25, 0.3) is 0 Å². The number of hydrogen-bond acceptors (Lipinski definition) is 7. The second kappa shape index (κ2) is 5.80. The highest BCUT2D eigenvalue weighted by Crippen LogP contribution is 2.25. The predicted molar refractivity (Wildman–Crippen MR) is 79.3 cm³/mol. The van der Waals surface area contributed by atoms with E-state index in [4.69, 9.17) is 0 Å². The fourth-order valence-corrected chi connectivity index (χ4v) is 3.01. The van der Waals surface area contributed by atoms with E-state index < -0.39 is 0 Å². The Hall–Kier alpha value is -1.60. The van der Waals surface area contributed by atoms with Gasteiger partial charge < -0.3 is 10.6 Å². The summed E-state index contributed by atoms with van der Waals surface area (Å²) in [5, 5.41) is 16.7. The average Bonchev–Trinajstić information content (AvgIpc) is 3.09. The maximum atomic E-state index is 4.53. The minimum atomic E-state index is 0.345. The summed E-state index contributed by atoms with van der Waals surface area (Å²) in [6, 6.07) is 2.35. The Morgan fingerprint density at radius 2 is 2.30 bits per heavy atom. The first-order valence-electron chi connectivity index (χ1n) is 6.93. The van der Waals surface area contributed by atoms with Crippen LogP contribution in [0.15, 0.2) is 6.07 Å². The van der Waals surface area contributed by atoms with Crippen molar-refractivity contribution in [2.75, 3.05) is 11.9 Å². The van der Waals surface area contributed by atoms with E-state index >= 15 is 0 Å². The fourth-order valence-electron chi connectivity index (χ4n) is 2.33. The Labute approximate surface area is 122 Å². The van der Waals surface area contributed by atoms with Crippen molar-refractivity contribution in [3.8, 4) is 0 Å². The molecule has 2 aromatic heterocycles. The molecule has 0 saturated carbocycles. The Bertz CT molecular complexity index is 590. The summed E-state index contributed by atoms with van der Waals surface area (Å²) < 4.78 is 0. The molecule has 6 nitrogen and oxygen atoms in total. The van der Waals surface area contributed by atoms with Crippen LogP contribution in [0.5, 0.6) is 0 Å². The smallest absolute Gasteiger partial charge is 0.211 e. The van der Waals surface area contributed by atoms with Crippen molar-refractivity contribution in [2.45, 2.75) is 39.2 Å². The van der Waals surface area contributed by atoms with Crippen LogP contribution in [-0.4, -0.2) is 26.7 Å². The average molecular weight is 290 g/mol. The van der Waals surface area contributed by atoms with E-state index in [1.54, 1.807) is 11.3 Å². The van der Waals surface area contributed by atoms with Crippen LogP contribution in [0.3, 0.4) is 0 Å². The summed E-state index contributed by atoms with van der Waals surface area (Å²) in [5.41, 5.74) is 1.05. The van der Waals surface area contributed by atoms with Gasteiger partial charge in [-0.3, -0.25) is 0 Å². The molecule has 1 atom stereocenters. The number of aromatic nitrogens is 4.